The number of hydrogen-bond donors (Lipinski definition) is 0. The lowest BCUT2D eigenvalue weighted by Crippen LogP contribution is -2.30. The SMILES string of the molecule is CC/C=C\C/C=C\C/C=C\C/C=C\C/C=C\C/C=C\C/C=C\C/C=C\C/C=C\CCCCCCCC(=O)OCC(COC(=O)CCCCCCC/C=C\CCC)OC(=O)CCCCCCC/C=C\C/C=C\CCCC. The zero-order valence-corrected chi connectivity index (χ0v) is 48.3. The Bertz CT molecular complexity index is 1660. The summed E-state index contributed by atoms with van der Waals surface area (Å²) in [4.78, 5) is 38.1. The van der Waals surface area contributed by atoms with E-state index in [0.29, 0.717) is 19.3 Å². The van der Waals surface area contributed by atoms with Gasteiger partial charge in [-0.15, -0.1) is 0 Å². The van der Waals surface area contributed by atoms with Gasteiger partial charge < -0.3 is 14.2 Å². The molecule has 0 aromatic rings. The van der Waals surface area contributed by atoms with Crippen molar-refractivity contribution in [3.63, 3.8) is 0 Å². The fourth-order valence-electron chi connectivity index (χ4n) is 7.75. The lowest BCUT2D eigenvalue weighted by Gasteiger charge is -2.18. The highest BCUT2D eigenvalue weighted by Crippen LogP contribution is 2.13. The number of ether oxygens (including phenoxy) is 3. The lowest BCUT2D eigenvalue weighted by atomic mass is 10.1. The van der Waals surface area contributed by atoms with Crippen molar-refractivity contribution in [2.24, 2.45) is 0 Å². The van der Waals surface area contributed by atoms with Crippen LogP contribution in [0.25, 0.3) is 0 Å². The number of esters is 3. The minimum absolute atomic E-state index is 0.0988. The predicted molar refractivity (Wildman–Crippen MR) is 325 cm³/mol. The molecule has 0 spiro atoms. The van der Waals surface area contributed by atoms with E-state index in [9.17, 15) is 14.4 Å². The smallest absolute Gasteiger partial charge is 0.306 e. The van der Waals surface area contributed by atoms with Crippen LogP contribution in [0.1, 0.15) is 252 Å². The Labute approximate surface area is 461 Å². The van der Waals surface area contributed by atoms with Crippen molar-refractivity contribution in [3.8, 4) is 0 Å². The second-order valence-corrected chi connectivity index (χ2v) is 19.5. The van der Waals surface area contributed by atoms with Crippen molar-refractivity contribution >= 4 is 17.9 Å². The summed E-state index contributed by atoms with van der Waals surface area (Å²) in [6.07, 6.45) is 88.5. The van der Waals surface area contributed by atoms with Crippen LogP contribution in [0.2, 0.25) is 0 Å². The van der Waals surface area contributed by atoms with Crippen LogP contribution in [0, 0.1) is 0 Å². The highest BCUT2D eigenvalue weighted by atomic mass is 16.6. The van der Waals surface area contributed by atoms with Crippen molar-refractivity contribution < 1.29 is 28.6 Å². The number of allylic oxidation sites excluding steroid dienone is 24. The van der Waals surface area contributed by atoms with Crippen molar-refractivity contribution in [1.29, 1.82) is 0 Å². The van der Waals surface area contributed by atoms with Crippen LogP contribution < -0.4 is 0 Å². The topological polar surface area (TPSA) is 78.9 Å². The summed E-state index contributed by atoms with van der Waals surface area (Å²) >= 11 is 0. The van der Waals surface area contributed by atoms with E-state index in [1.165, 1.54) is 32.1 Å². The molecule has 0 amide bonds. The van der Waals surface area contributed by atoms with Gasteiger partial charge in [0.05, 0.1) is 0 Å². The maximum Gasteiger partial charge on any atom is 0.306 e. The Hall–Kier alpha value is -4.71. The number of hydrogen-bond acceptors (Lipinski definition) is 6. The van der Waals surface area contributed by atoms with E-state index in [-0.39, 0.29) is 31.1 Å². The van der Waals surface area contributed by atoms with Gasteiger partial charge in [-0.2, -0.15) is 0 Å². The molecule has 0 aromatic carbocycles. The molecule has 0 aliphatic heterocycles. The van der Waals surface area contributed by atoms with E-state index in [0.717, 1.165) is 180 Å². The van der Waals surface area contributed by atoms with Gasteiger partial charge in [0.25, 0.3) is 0 Å². The molecule has 422 valence electrons. The van der Waals surface area contributed by atoms with Crippen LogP contribution in [-0.2, 0) is 28.6 Å². The lowest BCUT2D eigenvalue weighted by molar-refractivity contribution is -0.167. The summed E-state index contributed by atoms with van der Waals surface area (Å²) < 4.78 is 16.8. The van der Waals surface area contributed by atoms with E-state index in [1.807, 2.05) is 0 Å². The summed E-state index contributed by atoms with van der Waals surface area (Å²) in [6, 6.07) is 0. The summed E-state index contributed by atoms with van der Waals surface area (Å²) in [7, 11) is 0. The molecule has 0 aliphatic carbocycles. The molecule has 0 heterocycles. The normalized spacial score (nSPS) is 13.2. The summed E-state index contributed by atoms with van der Waals surface area (Å²) in [6.45, 7) is 6.37. The molecule has 0 fully saturated rings. The second kappa shape index (κ2) is 61.8. The summed E-state index contributed by atoms with van der Waals surface area (Å²) in [5.74, 6) is -0.949. The van der Waals surface area contributed by atoms with Gasteiger partial charge in [0.15, 0.2) is 6.10 Å². The molecule has 1 atom stereocenters. The molecule has 0 bridgehead atoms. The maximum absolute atomic E-state index is 12.8. The first-order chi connectivity index (χ1) is 37.0. The van der Waals surface area contributed by atoms with Gasteiger partial charge in [0, 0.05) is 19.3 Å². The van der Waals surface area contributed by atoms with E-state index in [4.69, 9.17) is 14.2 Å². The van der Waals surface area contributed by atoms with Crippen molar-refractivity contribution in [2.45, 2.75) is 258 Å². The van der Waals surface area contributed by atoms with Crippen LogP contribution in [0.5, 0.6) is 0 Å². The first kappa shape index (κ1) is 70.3. The van der Waals surface area contributed by atoms with Crippen molar-refractivity contribution in [3.05, 3.63) is 146 Å². The molecule has 0 saturated heterocycles. The number of carbonyl (C=O) groups excluding carboxylic acids is 3. The van der Waals surface area contributed by atoms with Gasteiger partial charge >= 0.3 is 17.9 Å². The van der Waals surface area contributed by atoms with Crippen molar-refractivity contribution in [2.75, 3.05) is 13.2 Å². The molecular formula is C69H110O6. The first-order valence-electron chi connectivity index (χ1n) is 30.3. The largest absolute Gasteiger partial charge is 0.462 e. The maximum atomic E-state index is 12.8. The Morgan fingerprint density at radius 3 is 0.880 bits per heavy atom. The first-order valence-corrected chi connectivity index (χ1v) is 30.3. The average molecular weight is 1040 g/mol. The average Bonchev–Trinajstić information content (AvgIpc) is 3.41. The molecule has 0 rings (SSSR count). The molecule has 6 heteroatoms. The zero-order valence-electron chi connectivity index (χ0n) is 48.3. The number of carbonyl (C=O) groups is 3. The summed E-state index contributed by atoms with van der Waals surface area (Å²) in [5, 5.41) is 0. The third-order valence-corrected chi connectivity index (χ3v) is 12.3. The van der Waals surface area contributed by atoms with Crippen LogP contribution in [0.4, 0.5) is 0 Å². The minimum atomic E-state index is -0.801. The van der Waals surface area contributed by atoms with Crippen LogP contribution >= 0.6 is 0 Å². The van der Waals surface area contributed by atoms with Gasteiger partial charge in [-0.1, -0.05) is 244 Å². The molecule has 0 N–H and O–H groups in total. The fraction of sp³-hybridized carbons (Fsp3) is 0.609. The van der Waals surface area contributed by atoms with Gasteiger partial charge in [-0.25, -0.2) is 0 Å². The van der Waals surface area contributed by atoms with Gasteiger partial charge in [0.2, 0.25) is 0 Å². The summed E-state index contributed by atoms with van der Waals surface area (Å²) in [5.41, 5.74) is 0. The van der Waals surface area contributed by atoms with E-state index < -0.39 is 6.10 Å². The Morgan fingerprint density at radius 1 is 0.280 bits per heavy atom. The van der Waals surface area contributed by atoms with Gasteiger partial charge in [-0.05, 0) is 135 Å². The Morgan fingerprint density at radius 2 is 0.547 bits per heavy atom. The molecule has 0 saturated carbocycles. The van der Waals surface area contributed by atoms with Crippen molar-refractivity contribution in [1.82, 2.24) is 0 Å². The molecule has 1 unspecified atom stereocenters. The van der Waals surface area contributed by atoms with E-state index in [2.05, 4.69) is 167 Å². The van der Waals surface area contributed by atoms with E-state index >= 15 is 0 Å². The van der Waals surface area contributed by atoms with Crippen LogP contribution in [-0.4, -0.2) is 37.2 Å². The Kier molecular flexibility index (Phi) is 58.0. The van der Waals surface area contributed by atoms with E-state index in [1.54, 1.807) is 0 Å². The third kappa shape index (κ3) is 60.0. The van der Waals surface area contributed by atoms with Crippen LogP contribution in [0.15, 0.2) is 146 Å². The second-order valence-electron chi connectivity index (χ2n) is 19.5. The third-order valence-electron chi connectivity index (χ3n) is 12.3. The molecule has 75 heavy (non-hydrogen) atoms. The molecule has 0 aromatic heterocycles. The van der Waals surface area contributed by atoms with Crippen LogP contribution in [0.3, 0.4) is 0 Å². The fourth-order valence-corrected chi connectivity index (χ4v) is 7.75. The monoisotopic (exact) mass is 1030 g/mol. The molecule has 0 aliphatic rings. The Balaban J connectivity index is 4.28. The highest BCUT2D eigenvalue weighted by Gasteiger charge is 2.19. The molecule has 0 radical (unpaired) electrons. The molecule has 6 nitrogen and oxygen atoms in total. The predicted octanol–water partition coefficient (Wildman–Crippen LogP) is 20.8. The number of rotatable bonds is 53. The van der Waals surface area contributed by atoms with Gasteiger partial charge in [0.1, 0.15) is 13.2 Å². The van der Waals surface area contributed by atoms with Gasteiger partial charge in [-0.3, -0.25) is 14.4 Å². The number of unbranched alkanes of at least 4 members (excludes halogenated alkanes) is 18. The quantitative estimate of drug-likeness (QED) is 0.0261. The molecular weight excluding hydrogens is 925 g/mol. The minimum Gasteiger partial charge on any atom is -0.462 e. The zero-order chi connectivity index (χ0) is 54.3. The standard InChI is InChI=1S/C69H110O6/c1-4-7-10-13-16-19-22-24-26-27-28-29-30-31-32-33-34-35-36-37-38-39-40-41-42-43-44-46-47-50-53-56-59-62-68(71)74-65-66(64-73-67(70)61-58-55-52-49-21-18-15-12-9-6-3)75-69(72)63-60-57-54-51-48-45-25-23-20-17-14-11-8-5-2/h7,10,12,14-17,19,23-26,28-29,31-32,34-35,37-38,40-41,43-44,66H,4-6,8-9,11,13,18,20-22,27,30,33,36,39,42,45-65H2,1-3H3/b10-7-,15-12-,17-14-,19-16-,25-23-,26-24-,29-28-,32-31-,35-34-,38-37-,41-40-,44-43-. The highest BCUT2D eigenvalue weighted by molar-refractivity contribution is 5.71.